The molecule has 1 heterocycles. The van der Waals surface area contributed by atoms with Gasteiger partial charge in [0, 0.05) is 23.1 Å². The van der Waals surface area contributed by atoms with Gasteiger partial charge in [0.25, 0.3) is 0 Å². The van der Waals surface area contributed by atoms with E-state index in [1.807, 2.05) is 26.0 Å². The van der Waals surface area contributed by atoms with Crippen molar-refractivity contribution in [2.24, 2.45) is 5.73 Å². The van der Waals surface area contributed by atoms with Gasteiger partial charge in [0.1, 0.15) is 0 Å². The minimum Gasteiger partial charge on any atom is -0.326 e. The Hall–Kier alpha value is -0.430. The van der Waals surface area contributed by atoms with Crippen molar-refractivity contribution >= 4 is 26.0 Å². The molecule has 0 saturated carbocycles. The smallest absolute Gasteiger partial charge is 0.243 e. The van der Waals surface area contributed by atoms with Crippen molar-refractivity contribution < 1.29 is 8.42 Å². The Morgan fingerprint density at radius 3 is 2.75 bits per heavy atom. The van der Waals surface area contributed by atoms with Gasteiger partial charge in [-0.15, -0.1) is 0 Å². The lowest BCUT2D eigenvalue weighted by atomic mass is 10.00. The summed E-state index contributed by atoms with van der Waals surface area (Å²) in [5, 5.41) is 0. The van der Waals surface area contributed by atoms with Gasteiger partial charge in [-0.05, 0) is 44.4 Å². The van der Waals surface area contributed by atoms with Crippen LogP contribution in [0.15, 0.2) is 27.6 Å². The van der Waals surface area contributed by atoms with Crippen LogP contribution in [0, 0.1) is 6.92 Å². The van der Waals surface area contributed by atoms with Crippen molar-refractivity contribution in [3.05, 3.63) is 28.2 Å². The molecule has 0 spiro atoms. The van der Waals surface area contributed by atoms with Crippen LogP contribution in [0.4, 0.5) is 0 Å². The molecule has 4 nitrogen and oxygen atoms in total. The van der Waals surface area contributed by atoms with E-state index in [4.69, 9.17) is 5.73 Å². The minimum atomic E-state index is -3.49. The molecule has 2 atom stereocenters. The van der Waals surface area contributed by atoms with Gasteiger partial charge in [-0.3, -0.25) is 0 Å². The molecule has 0 radical (unpaired) electrons. The van der Waals surface area contributed by atoms with Gasteiger partial charge in [0.15, 0.2) is 0 Å². The molecule has 2 N–H and O–H groups in total. The van der Waals surface area contributed by atoms with Crippen LogP contribution < -0.4 is 5.73 Å². The largest absolute Gasteiger partial charge is 0.326 e. The van der Waals surface area contributed by atoms with Gasteiger partial charge in [-0.1, -0.05) is 28.4 Å². The monoisotopic (exact) mass is 360 g/mol. The van der Waals surface area contributed by atoms with E-state index in [-0.39, 0.29) is 12.1 Å². The average Bonchev–Trinajstić information content (AvgIpc) is 2.41. The molecule has 2 unspecified atom stereocenters. The Morgan fingerprint density at radius 2 is 2.10 bits per heavy atom. The fourth-order valence-electron chi connectivity index (χ4n) is 2.73. The first-order valence-electron chi connectivity index (χ1n) is 6.87. The molecular weight excluding hydrogens is 340 g/mol. The van der Waals surface area contributed by atoms with Gasteiger partial charge >= 0.3 is 0 Å². The second-order valence-corrected chi connectivity index (χ2v) is 8.22. The highest BCUT2D eigenvalue weighted by Crippen LogP contribution is 2.29. The van der Waals surface area contributed by atoms with E-state index >= 15 is 0 Å². The number of rotatable bonds is 3. The number of hydrogen-bond donors (Lipinski definition) is 1. The predicted octanol–water partition coefficient (Wildman–Crippen LogP) is 2.65. The van der Waals surface area contributed by atoms with Crippen LogP contribution in [0.1, 0.15) is 31.7 Å². The van der Waals surface area contributed by atoms with Crippen molar-refractivity contribution in [1.82, 2.24) is 4.31 Å². The number of hydrogen-bond acceptors (Lipinski definition) is 3. The van der Waals surface area contributed by atoms with Crippen LogP contribution in [0.25, 0.3) is 0 Å². The topological polar surface area (TPSA) is 63.4 Å². The molecular formula is C14H21BrN2O2S. The van der Waals surface area contributed by atoms with E-state index in [1.54, 1.807) is 10.4 Å². The summed E-state index contributed by atoms with van der Waals surface area (Å²) in [6.07, 6.45) is 2.77. The Bertz CT molecular complexity index is 587. The van der Waals surface area contributed by atoms with Gasteiger partial charge < -0.3 is 5.73 Å². The fraction of sp³-hybridized carbons (Fsp3) is 0.571. The molecule has 0 bridgehead atoms. The molecule has 112 valence electrons. The first-order chi connectivity index (χ1) is 9.34. The second kappa shape index (κ2) is 6.13. The highest BCUT2D eigenvalue weighted by atomic mass is 79.9. The summed E-state index contributed by atoms with van der Waals surface area (Å²) in [7, 11) is -3.49. The Morgan fingerprint density at radius 1 is 1.40 bits per heavy atom. The summed E-state index contributed by atoms with van der Waals surface area (Å²) in [6.45, 7) is 4.26. The van der Waals surface area contributed by atoms with Crippen LogP contribution >= 0.6 is 15.9 Å². The average molecular weight is 361 g/mol. The first-order valence-corrected chi connectivity index (χ1v) is 9.11. The third-order valence-electron chi connectivity index (χ3n) is 3.84. The molecule has 1 aliphatic rings. The fourth-order valence-corrected chi connectivity index (χ4v) is 5.27. The SMILES string of the molecule is Cc1ccc(Br)cc1S(=O)(=O)N1CCCCC1C(C)N. The molecule has 0 aromatic heterocycles. The van der Waals surface area contributed by atoms with Gasteiger partial charge in [-0.25, -0.2) is 8.42 Å². The standard InChI is InChI=1S/C14H21BrN2O2S/c1-10-6-7-12(15)9-14(10)20(18,19)17-8-4-3-5-13(17)11(2)16/h6-7,9,11,13H,3-5,8,16H2,1-2H3. The minimum absolute atomic E-state index is 0.105. The number of aryl methyl sites for hydroxylation is 1. The maximum absolute atomic E-state index is 12.9. The summed E-state index contributed by atoms with van der Waals surface area (Å²) in [4.78, 5) is 0.374. The van der Waals surface area contributed by atoms with Crippen molar-refractivity contribution in [3.63, 3.8) is 0 Å². The number of halogens is 1. The number of sulfonamides is 1. The van der Waals surface area contributed by atoms with Gasteiger partial charge in [0.05, 0.1) is 4.90 Å². The number of benzene rings is 1. The lowest BCUT2D eigenvalue weighted by Gasteiger charge is -2.37. The molecule has 0 amide bonds. The molecule has 1 aromatic carbocycles. The van der Waals surface area contributed by atoms with Crippen LogP contribution in [-0.4, -0.2) is 31.4 Å². The highest BCUT2D eigenvalue weighted by Gasteiger charge is 2.35. The zero-order chi connectivity index (χ0) is 14.9. The molecule has 1 saturated heterocycles. The third-order valence-corrected chi connectivity index (χ3v) is 6.40. The summed E-state index contributed by atoms with van der Waals surface area (Å²) >= 11 is 3.35. The lowest BCUT2D eigenvalue weighted by molar-refractivity contribution is 0.227. The second-order valence-electron chi connectivity index (χ2n) is 5.45. The number of nitrogens with zero attached hydrogens (tertiary/aromatic N) is 1. The summed E-state index contributed by atoms with van der Waals surface area (Å²) in [5.74, 6) is 0. The van der Waals surface area contributed by atoms with Crippen LogP contribution in [0.2, 0.25) is 0 Å². The number of piperidine rings is 1. The maximum Gasteiger partial charge on any atom is 0.243 e. The summed E-state index contributed by atoms with van der Waals surface area (Å²) in [6, 6.07) is 5.09. The maximum atomic E-state index is 12.9. The molecule has 1 aromatic rings. The molecule has 0 aliphatic carbocycles. The van der Waals surface area contributed by atoms with Gasteiger partial charge in [0.2, 0.25) is 10.0 Å². The van der Waals surface area contributed by atoms with Crippen molar-refractivity contribution in [1.29, 1.82) is 0 Å². The van der Waals surface area contributed by atoms with Crippen LogP contribution in [-0.2, 0) is 10.0 Å². The molecule has 20 heavy (non-hydrogen) atoms. The van der Waals surface area contributed by atoms with Crippen molar-refractivity contribution in [2.75, 3.05) is 6.54 Å². The van der Waals surface area contributed by atoms with E-state index in [9.17, 15) is 8.42 Å². The Labute approximate surface area is 129 Å². The number of nitrogens with two attached hydrogens (primary N) is 1. The molecule has 2 rings (SSSR count). The van der Waals surface area contributed by atoms with Gasteiger partial charge in [-0.2, -0.15) is 4.31 Å². The third kappa shape index (κ3) is 3.08. The molecule has 1 aliphatic heterocycles. The van der Waals surface area contributed by atoms with Crippen molar-refractivity contribution in [2.45, 2.75) is 50.1 Å². The lowest BCUT2D eigenvalue weighted by Crippen LogP contribution is -2.51. The van der Waals surface area contributed by atoms with Crippen molar-refractivity contribution in [3.8, 4) is 0 Å². The zero-order valence-electron chi connectivity index (χ0n) is 11.8. The van der Waals surface area contributed by atoms with E-state index < -0.39 is 10.0 Å². The first kappa shape index (κ1) is 15.9. The van der Waals surface area contributed by atoms with E-state index in [0.29, 0.717) is 11.4 Å². The summed E-state index contributed by atoms with van der Waals surface area (Å²) < 4.78 is 28.2. The van der Waals surface area contributed by atoms with Crippen LogP contribution in [0.3, 0.4) is 0 Å². The van der Waals surface area contributed by atoms with E-state index in [2.05, 4.69) is 15.9 Å². The molecule has 1 fully saturated rings. The Kier molecular flexibility index (Phi) is 4.89. The summed E-state index contributed by atoms with van der Waals surface area (Å²) in [5.41, 5.74) is 6.75. The zero-order valence-corrected chi connectivity index (χ0v) is 14.2. The van der Waals surface area contributed by atoms with E-state index in [1.165, 1.54) is 0 Å². The predicted molar refractivity (Wildman–Crippen MR) is 84.1 cm³/mol. The van der Waals surface area contributed by atoms with Crippen LogP contribution in [0.5, 0.6) is 0 Å². The molecule has 6 heteroatoms. The Balaban J connectivity index is 2.45. The van der Waals surface area contributed by atoms with E-state index in [0.717, 1.165) is 29.3 Å². The normalized spacial score (nSPS) is 22.7. The highest BCUT2D eigenvalue weighted by molar-refractivity contribution is 9.10. The quantitative estimate of drug-likeness (QED) is 0.900.